The molecule has 2 heterocycles. The van der Waals surface area contributed by atoms with Crippen LogP contribution in [0.4, 0.5) is 10.7 Å². The van der Waals surface area contributed by atoms with E-state index >= 15 is 0 Å². The molecule has 0 radical (unpaired) electrons. The first-order valence-electron chi connectivity index (χ1n) is 9.28. The number of amides is 1. The lowest BCUT2D eigenvalue weighted by molar-refractivity contribution is 0.0935. The maximum Gasteiger partial charge on any atom is 0.256 e. The number of thiophene rings is 1. The number of hydrogen-bond acceptors (Lipinski definition) is 4. The highest BCUT2D eigenvalue weighted by Gasteiger charge is 2.31. The normalized spacial score (nSPS) is 18.8. The Hall–Kier alpha value is -2.01. The van der Waals surface area contributed by atoms with E-state index < -0.39 is 0 Å². The lowest BCUT2D eigenvalue weighted by Crippen LogP contribution is -2.38. The van der Waals surface area contributed by atoms with Crippen LogP contribution in [-0.4, -0.2) is 19.0 Å². The molecule has 25 heavy (non-hydrogen) atoms. The van der Waals surface area contributed by atoms with Gasteiger partial charge < -0.3 is 15.5 Å². The van der Waals surface area contributed by atoms with Crippen LogP contribution in [-0.2, 0) is 12.8 Å². The van der Waals surface area contributed by atoms with Crippen molar-refractivity contribution in [1.29, 1.82) is 0 Å². The molecule has 0 saturated carbocycles. The maximum atomic E-state index is 12.7. The van der Waals surface area contributed by atoms with Crippen molar-refractivity contribution >= 4 is 27.9 Å². The molecule has 132 valence electrons. The van der Waals surface area contributed by atoms with Crippen LogP contribution < -0.4 is 15.5 Å². The Morgan fingerprint density at radius 3 is 2.52 bits per heavy atom. The van der Waals surface area contributed by atoms with E-state index in [2.05, 4.69) is 53.6 Å². The molecule has 0 spiro atoms. The van der Waals surface area contributed by atoms with Crippen molar-refractivity contribution in [2.75, 3.05) is 23.3 Å². The molecule has 0 unspecified atom stereocenters. The number of anilines is 2. The third-order valence-electron chi connectivity index (χ3n) is 5.30. The lowest BCUT2D eigenvalue weighted by Gasteiger charge is -2.27. The smallest absolute Gasteiger partial charge is 0.256 e. The van der Waals surface area contributed by atoms with Crippen LogP contribution in [0.5, 0.6) is 0 Å². The van der Waals surface area contributed by atoms with Gasteiger partial charge in [-0.2, -0.15) is 0 Å². The molecule has 4 rings (SSSR count). The molecule has 2 aliphatic rings. The van der Waals surface area contributed by atoms with Crippen LogP contribution in [0, 0.1) is 0 Å². The van der Waals surface area contributed by atoms with E-state index in [0.29, 0.717) is 0 Å². The van der Waals surface area contributed by atoms with Gasteiger partial charge in [0.05, 0.1) is 5.56 Å². The summed E-state index contributed by atoms with van der Waals surface area (Å²) in [6.45, 7) is 6.33. The summed E-state index contributed by atoms with van der Waals surface area (Å²) in [6.07, 6.45) is 4.44. The average Bonchev–Trinajstić information content (AvgIpc) is 3.02. The summed E-state index contributed by atoms with van der Waals surface area (Å²) in [5.41, 5.74) is 4.51. The molecule has 2 aromatic rings. The zero-order chi connectivity index (χ0) is 17.4. The number of carbonyl (C=O) groups excluding carboxylic acids is 1. The van der Waals surface area contributed by atoms with Crippen LogP contribution in [0.3, 0.4) is 0 Å². The maximum absolute atomic E-state index is 12.7. The first kappa shape index (κ1) is 16.5. The second-order valence-electron chi connectivity index (χ2n) is 6.73. The SMILES string of the molecule is CCN(CC)c1ccc([C@H]2NC(=O)c3c(sc4c3CCCC4)N2)cc1. The van der Waals surface area contributed by atoms with Crippen molar-refractivity contribution in [2.24, 2.45) is 0 Å². The molecule has 0 bridgehead atoms. The Bertz CT molecular complexity index is 777. The molecule has 5 heteroatoms. The number of aryl methyl sites for hydroxylation is 1. The van der Waals surface area contributed by atoms with Gasteiger partial charge in [0.2, 0.25) is 0 Å². The number of nitrogens with one attached hydrogen (secondary N) is 2. The second-order valence-corrected chi connectivity index (χ2v) is 7.83. The van der Waals surface area contributed by atoms with E-state index in [9.17, 15) is 4.79 Å². The molecular formula is C20H25N3OS. The molecule has 4 nitrogen and oxygen atoms in total. The van der Waals surface area contributed by atoms with Gasteiger partial charge in [-0.1, -0.05) is 12.1 Å². The monoisotopic (exact) mass is 355 g/mol. The van der Waals surface area contributed by atoms with Gasteiger partial charge in [0.25, 0.3) is 5.91 Å². The van der Waals surface area contributed by atoms with Crippen molar-refractivity contribution in [3.63, 3.8) is 0 Å². The third kappa shape index (κ3) is 2.91. The summed E-state index contributed by atoms with van der Waals surface area (Å²) in [6, 6.07) is 8.52. The van der Waals surface area contributed by atoms with Gasteiger partial charge in [-0.25, -0.2) is 0 Å². The minimum Gasteiger partial charge on any atom is -0.372 e. The first-order chi connectivity index (χ1) is 12.2. The Kier molecular flexibility index (Phi) is 4.42. The molecule has 1 aliphatic heterocycles. The Balaban J connectivity index is 1.59. The van der Waals surface area contributed by atoms with Crippen LogP contribution in [0.25, 0.3) is 0 Å². The molecule has 0 saturated heterocycles. The van der Waals surface area contributed by atoms with Crippen molar-refractivity contribution in [3.8, 4) is 0 Å². The number of rotatable bonds is 4. The number of nitrogens with zero attached hydrogens (tertiary/aromatic N) is 1. The van der Waals surface area contributed by atoms with Gasteiger partial charge in [-0.15, -0.1) is 11.3 Å². The summed E-state index contributed by atoms with van der Waals surface area (Å²) in [5.74, 6) is 0.0750. The zero-order valence-electron chi connectivity index (χ0n) is 14.9. The van der Waals surface area contributed by atoms with Gasteiger partial charge in [0.1, 0.15) is 11.2 Å². The molecule has 1 aromatic carbocycles. The minimum atomic E-state index is -0.147. The first-order valence-corrected chi connectivity index (χ1v) is 10.1. The van der Waals surface area contributed by atoms with Gasteiger partial charge in [0, 0.05) is 23.7 Å². The Morgan fingerprint density at radius 1 is 1.08 bits per heavy atom. The fourth-order valence-electron chi connectivity index (χ4n) is 3.91. The molecule has 1 aliphatic carbocycles. The number of hydrogen-bond donors (Lipinski definition) is 2. The molecule has 2 N–H and O–H groups in total. The van der Waals surface area contributed by atoms with Gasteiger partial charge in [0.15, 0.2) is 0 Å². The molecule has 1 amide bonds. The van der Waals surface area contributed by atoms with Crippen LogP contribution in [0.15, 0.2) is 24.3 Å². The molecular weight excluding hydrogens is 330 g/mol. The zero-order valence-corrected chi connectivity index (χ0v) is 15.7. The number of carbonyl (C=O) groups is 1. The van der Waals surface area contributed by atoms with Crippen molar-refractivity contribution < 1.29 is 4.79 Å². The highest BCUT2D eigenvalue weighted by atomic mass is 32.1. The van der Waals surface area contributed by atoms with Crippen molar-refractivity contribution in [1.82, 2.24) is 5.32 Å². The van der Waals surface area contributed by atoms with E-state index in [1.807, 2.05) is 0 Å². The third-order valence-corrected chi connectivity index (χ3v) is 6.53. The summed E-state index contributed by atoms with van der Waals surface area (Å²) in [7, 11) is 0. The van der Waals surface area contributed by atoms with Crippen LogP contribution in [0.2, 0.25) is 0 Å². The average molecular weight is 356 g/mol. The predicted molar refractivity (Wildman–Crippen MR) is 105 cm³/mol. The fourth-order valence-corrected chi connectivity index (χ4v) is 5.23. The highest BCUT2D eigenvalue weighted by Crippen LogP contribution is 2.41. The summed E-state index contributed by atoms with van der Waals surface area (Å²) in [5, 5.41) is 7.74. The van der Waals surface area contributed by atoms with Gasteiger partial charge in [-0.05, 0) is 62.8 Å². The summed E-state index contributed by atoms with van der Waals surface area (Å²) < 4.78 is 0. The standard InChI is InChI=1S/C20H25N3OS/c1-3-23(4-2)14-11-9-13(10-12-14)18-21-19(24)17-15-7-5-6-8-16(15)25-20(17)22-18/h9-12,18,22H,3-8H2,1-2H3,(H,21,24)/t18-/m0/s1. The second kappa shape index (κ2) is 6.71. The quantitative estimate of drug-likeness (QED) is 0.858. The van der Waals surface area contributed by atoms with Crippen LogP contribution in [0.1, 0.15) is 59.2 Å². The van der Waals surface area contributed by atoms with Crippen molar-refractivity contribution in [3.05, 3.63) is 45.8 Å². The predicted octanol–water partition coefficient (Wildman–Crippen LogP) is 4.33. The van der Waals surface area contributed by atoms with E-state index in [-0.39, 0.29) is 12.1 Å². The summed E-state index contributed by atoms with van der Waals surface area (Å²) >= 11 is 1.78. The summed E-state index contributed by atoms with van der Waals surface area (Å²) in [4.78, 5) is 16.4. The molecule has 1 aromatic heterocycles. The topological polar surface area (TPSA) is 44.4 Å². The Morgan fingerprint density at radius 2 is 1.80 bits per heavy atom. The Labute approximate surface area is 153 Å². The highest BCUT2D eigenvalue weighted by molar-refractivity contribution is 7.16. The fraction of sp³-hybridized carbons (Fsp3) is 0.450. The molecule has 1 atom stereocenters. The minimum absolute atomic E-state index is 0.0750. The number of benzene rings is 1. The van der Waals surface area contributed by atoms with Gasteiger partial charge >= 0.3 is 0 Å². The van der Waals surface area contributed by atoms with E-state index in [1.165, 1.54) is 29.0 Å². The molecule has 0 fully saturated rings. The number of fused-ring (bicyclic) bond motifs is 3. The van der Waals surface area contributed by atoms with Crippen molar-refractivity contribution in [2.45, 2.75) is 45.7 Å². The van der Waals surface area contributed by atoms with Crippen LogP contribution >= 0.6 is 11.3 Å². The largest absolute Gasteiger partial charge is 0.372 e. The van der Waals surface area contributed by atoms with Gasteiger partial charge in [-0.3, -0.25) is 4.79 Å². The van der Waals surface area contributed by atoms with E-state index in [4.69, 9.17) is 0 Å². The lowest BCUT2D eigenvalue weighted by atomic mass is 9.94. The van der Waals surface area contributed by atoms with E-state index in [1.54, 1.807) is 11.3 Å². The van der Waals surface area contributed by atoms with E-state index in [0.717, 1.165) is 42.1 Å².